The van der Waals surface area contributed by atoms with Crippen LogP contribution in [0.1, 0.15) is 52.9 Å². The van der Waals surface area contributed by atoms with E-state index in [2.05, 4.69) is 16.7 Å². The molecule has 1 saturated heterocycles. The number of amides is 4. The molecule has 1 atom stereocenters. The first-order valence-corrected chi connectivity index (χ1v) is 8.67. The Hall–Kier alpha value is -2.63. The summed E-state index contributed by atoms with van der Waals surface area (Å²) in [7, 11) is 0. The third-order valence-corrected chi connectivity index (χ3v) is 4.69. The van der Waals surface area contributed by atoms with Crippen molar-refractivity contribution in [3.05, 3.63) is 0 Å². The molecule has 9 heteroatoms. The number of nitrogens with one attached hydrogen (secondary N) is 2. The van der Waals surface area contributed by atoms with Gasteiger partial charge in [0.15, 0.2) is 6.10 Å². The van der Waals surface area contributed by atoms with Crippen molar-refractivity contribution in [2.24, 2.45) is 0 Å². The molecule has 1 saturated carbocycles. The van der Waals surface area contributed by atoms with Crippen LogP contribution in [0.4, 0.5) is 4.79 Å². The molecule has 142 valence electrons. The summed E-state index contributed by atoms with van der Waals surface area (Å²) in [5, 5.41) is 14.5. The molecule has 0 aromatic rings. The van der Waals surface area contributed by atoms with Gasteiger partial charge in [-0.2, -0.15) is 5.26 Å². The molecule has 0 aromatic heterocycles. The number of rotatable bonds is 5. The van der Waals surface area contributed by atoms with E-state index in [-0.39, 0.29) is 0 Å². The van der Waals surface area contributed by atoms with Gasteiger partial charge >= 0.3 is 12.0 Å². The zero-order chi connectivity index (χ0) is 19.5. The van der Waals surface area contributed by atoms with Gasteiger partial charge in [-0.25, -0.2) is 4.79 Å². The van der Waals surface area contributed by atoms with Gasteiger partial charge in [0.2, 0.25) is 0 Å². The molecule has 2 N–H and O–H groups in total. The van der Waals surface area contributed by atoms with Crippen LogP contribution in [0.2, 0.25) is 0 Å². The van der Waals surface area contributed by atoms with Crippen LogP contribution in [-0.4, -0.2) is 52.4 Å². The molecule has 1 aliphatic heterocycles. The predicted octanol–water partition coefficient (Wildman–Crippen LogP) is 0.591. The molecule has 0 bridgehead atoms. The SMILES string of the molecule is C[C@H](OC(=O)CN1C(=O)NC(C)(C)C1=O)C(=O)NC1(C#N)CCCCC1. The van der Waals surface area contributed by atoms with Gasteiger partial charge in [-0.3, -0.25) is 19.3 Å². The highest BCUT2D eigenvalue weighted by Gasteiger charge is 2.45. The van der Waals surface area contributed by atoms with E-state index in [1.165, 1.54) is 20.8 Å². The molecular formula is C17H24N4O5. The summed E-state index contributed by atoms with van der Waals surface area (Å²) in [6, 6.07) is 1.48. The normalized spacial score (nSPS) is 22.2. The Morgan fingerprint density at radius 3 is 2.42 bits per heavy atom. The number of carbonyl (C=O) groups is 4. The molecule has 2 fully saturated rings. The molecule has 4 amide bonds. The van der Waals surface area contributed by atoms with Gasteiger partial charge in [-0.15, -0.1) is 0 Å². The molecule has 9 nitrogen and oxygen atoms in total. The first-order chi connectivity index (χ1) is 12.1. The smallest absolute Gasteiger partial charge is 0.327 e. The van der Waals surface area contributed by atoms with Gasteiger partial charge in [0.1, 0.15) is 17.6 Å². The van der Waals surface area contributed by atoms with Crippen molar-refractivity contribution in [1.82, 2.24) is 15.5 Å². The highest BCUT2D eigenvalue weighted by molar-refractivity contribution is 6.08. The van der Waals surface area contributed by atoms with Gasteiger partial charge in [-0.05, 0) is 33.6 Å². The van der Waals surface area contributed by atoms with Gasteiger partial charge in [0, 0.05) is 0 Å². The summed E-state index contributed by atoms with van der Waals surface area (Å²) < 4.78 is 5.04. The molecule has 0 aromatic carbocycles. The van der Waals surface area contributed by atoms with E-state index in [0.29, 0.717) is 12.8 Å². The second kappa shape index (κ2) is 7.32. The van der Waals surface area contributed by atoms with Gasteiger partial charge in [0.25, 0.3) is 11.8 Å². The minimum atomic E-state index is -1.14. The topological polar surface area (TPSA) is 129 Å². The first-order valence-electron chi connectivity index (χ1n) is 8.67. The summed E-state index contributed by atoms with van der Waals surface area (Å²) in [6.07, 6.45) is 2.71. The Morgan fingerprint density at radius 1 is 1.31 bits per heavy atom. The van der Waals surface area contributed by atoms with Crippen molar-refractivity contribution < 1.29 is 23.9 Å². The molecule has 1 aliphatic carbocycles. The third-order valence-electron chi connectivity index (χ3n) is 4.69. The maximum atomic E-state index is 12.3. The zero-order valence-electron chi connectivity index (χ0n) is 15.3. The number of nitrogens with zero attached hydrogens (tertiary/aromatic N) is 2. The number of imide groups is 1. The fourth-order valence-corrected chi connectivity index (χ4v) is 3.14. The molecule has 1 heterocycles. The van der Waals surface area contributed by atoms with Crippen LogP contribution in [0.15, 0.2) is 0 Å². The lowest BCUT2D eigenvalue weighted by atomic mass is 9.83. The maximum absolute atomic E-state index is 12.3. The van der Waals surface area contributed by atoms with E-state index in [1.54, 1.807) is 0 Å². The number of urea groups is 1. The second-order valence-electron chi connectivity index (χ2n) is 7.32. The molecule has 0 unspecified atom stereocenters. The van der Waals surface area contributed by atoms with E-state index in [4.69, 9.17) is 4.74 Å². The van der Waals surface area contributed by atoms with Crippen molar-refractivity contribution >= 4 is 23.8 Å². The highest BCUT2D eigenvalue weighted by atomic mass is 16.5. The van der Waals surface area contributed by atoms with Crippen molar-refractivity contribution in [3.63, 3.8) is 0 Å². The minimum absolute atomic E-state index is 0.540. The fraction of sp³-hybridized carbons (Fsp3) is 0.706. The van der Waals surface area contributed by atoms with Crippen molar-refractivity contribution in [3.8, 4) is 6.07 Å². The van der Waals surface area contributed by atoms with Crippen molar-refractivity contribution in [1.29, 1.82) is 5.26 Å². The average Bonchev–Trinajstić information content (AvgIpc) is 2.77. The van der Waals surface area contributed by atoms with Gasteiger partial charge in [0.05, 0.1) is 6.07 Å². The molecule has 2 rings (SSSR count). The Kier molecular flexibility index (Phi) is 5.54. The second-order valence-corrected chi connectivity index (χ2v) is 7.32. The standard InChI is InChI=1S/C17H24N4O5/c1-11(13(23)19-17(10-18)7-5-4-6-8-17)26-12(22)9-21-14(24)16(2,3)20-15(21)25/h11H,4-9H2,1-3H3,(H,19,23)(H,20,25)/t11-/m0/s1. The number of hydrogen-bond donors (Lipinski definition) is 2. The van der Waals surface area contributed by atoms with Crippen LogP contribution in [0, 0.1) is 11.3 Å². The average molecular weight is 364 g/mol. The summed E-state index contributed by atoms with van der Waals surface area (Å²) >= 11 is 0. The van der Waals surface area contributed by atoms with Crippen LogP contribution in [0.5, 0.6) is 0 Å². The number of esters is 1. The van der Waals surface area contributed by atoms with Crippen molar-refractivity contribution in [2.45, 2.75) is 70.1 Å². The quantitative estimate of drug-likeness (QED) is 0.543. The monoisotopic (exact) mass is 364 g/mol. The van der Waals surface area contributed by atoms with Crippen LogP contribution in [-0.2, 0) is 19.1 Å². The van der Waals surface area contributed by atoms with Crippen molar-refractivity contribution in [2.75, 3.05) is 6.54 Å². The number of ether oxygens (including phenoxy) is 1. The number of nitriles is 1. The minimum Gasteiger partial charge on any atom is -0.451 e. The van der Waals surface area contributed by atoms with E-state index in [9.17, 15) is 24.4 Å². The summed E-state index contributed by atoms with van der Waals surface area (Å²) in [4.78, 5) is 48.9. The van der Waals surface area contributed by atoms with E-state index >= 15 is 0 Å². The summed E-state index contributed by atoms with van der Waals surface area (Å²) in [5.74, 6) is -1.98. The Labute approximate surface area is 152 Å². The van der Waals surface area contributed by atoms with Crippen LogP contribution < -0.4 is 10.6 Å². The van der Waals surface area contributed by atoms with E-state index in [0.717, 1.165) is 24.2 Å². The van der Waals surface area contributed by atoms with Gasteiger partial charge in [-0.1, -0.05) is 19.3 Å². The number of carbonyl (C=O) groups excluding carboxylic acids is 4. The molecule has 0 radical (unpaired) electrons. The number of hydrogen-bond acceptors (Lipinski definition) is 6. The summed E-state index contributed by atoms with van der Waals surface area (Å²) in [6.45, 7) is 3.87. The molecule has 0 spiro atoms. The van der Waals surface area contributed by atoms with Crippen LogP contribution in [0.3, 0.4) is 0 Å². The zero-order valence-corrected chi connectivity index (χ0v) is 15.3. The Bertz CT molecular complexity index is 661. The lowest BCUT2D eigenvalue weighted by Crippen LogP contribution is -2.52. The van der Waals surface area contributed by atoms with E-state index < -0.39 is 47.5 Å². The molecule has 26 heavy (non-hydrogen) atoms. The fourth-order valence-electron chi connectivity index (χ4n) is 3.14. The maximum Gasteiger partial charge on any atom is 0.327 e. The molecular weight excluding hydrogens is 340 g/mol. The third kappa shape index (κ3) is 4.12. The van der Waals surface area contributed by atoms with Crippen LogP contribution in [0.25, 0.3) is 0 Å². The molecule has 2 aliphatic rings. The lowest BCUT2D eigenvalue weighted by Gasteiger charge is -2.32. The Morgan fingerprint density at radius 2 is 1.92 bits per heavy atom. The highest BCUT2D eigenvalue weighted by Crippen LogP contribution is 2.27. The summed E-state index contributed by atoms with van der Waals surface area (Å²) in [5.41, 5.74) is -2.01. The first kappa shape index (κ1) is 19.7. The largest absolute Gasteiger partial charge is 0.451 e. The van der Waals surface area contributed by atoms with Gasteiger partial charge < -0.3 is 15.4 Å². The Balaban J connectivity index is 1.90. The van der Waals surface area contributed by atoms with E-state index in [1.807, 2.05) is 0 Å². The van der Waals surface area contributed by atoms with Crippen LogP contribution >= 0.6 is 0 Å². The predicted molar refractivity (Wildman–Crippen MR) is 89.4 cm³/mol. The lowest BCUT2D eigenvalue weighted by molar-refractivity contribution is -0.157.